The SMILES string of the molecule is Cl.NCC(C1CC1)C1(c2ccc(Cl)cc2)CCC1. The molecule has 2 aliphatic carbocycles. The van der Waals surface area contributed by atoms with Gasteiger partial charge < -0.3 is 5.73 Å². The van der Waals surface area contributed by atoms with Gasteiger partial charge in [0.2, 0.25) is 0 Å². The van der Waals surface area contributed by atoms with E-state index in [9.17, 15) is 0 Å². The molecule has 3 heteroatoms. The lowest BCUT2D eigenvalue weighted by molar-refractivity contribution is 0.132. The molecule has 2 saturated carbocycles. The van der Waals surface area contributed by atoms with Crippen LogP contribution in [0.25, 0.3) is 0 Å². The highest BCUT2D eigenvalue weighted by molar-refractivity contribution is 6.30. The van der Waals surface area contributed by atoms with Gasteiger partial charge in [-0.05, 0) is 67.2 Å². The molecule has 100 valence electrons. The van der Waals surface area contributed by atoms with Gasteiger partial charge in [-0.15, -0.1) is 12.4 Å². The number of benzene rings is 1. The quantitative estimate of drug-likeness (QED) is 0.883. The summed E-state index contributed by atoms with van der Waals surface area (Å²) >= 11 is 5.99. The molecule has 1 atom stereocenters. The molecule has 0 spiro atoms. The van der Waals surface area contributed by atoms with Gasteiger partial charge in [0, 0.05) is 5.02 Å². The zero-order valence-electron chi connectivity index (χ0n) is 10.6. The number of hydrogen-bond donors (Lipinski definition) is 1. The first kappa shape index (κ1) is 14.2. The Kier molecular flexibility index (Phi) is 4.25. The summed E-state index contributed by atoms with van der Waals surface area (Å²) in [4.78, 5) is 0. The summed E-state index contributed by atoms with van der Waals surface area (Å²) in [6.45, 7) is 0.841. The largest absolute Gasteiger partial charge is 0.330 e. The number of halogens is 2. The molecule has 0 amide bonds. The van der Waals surface area contributed by atoms with E-state index in [-0.39, 0.29) is 12.4 Å². The molecular weight excluding hydrogens is 265 g/mol. The van der Waals surface area contributed by atoms with Crippen molar-refractivity contribution >= 4 is 24.0 Å². The van der Waals surface area contributed by atoms with Gasteiger partial charge in [-0.25, -0.2) is 0 Å². The molecule has 18 heavy (non-hydrogen) atoms. The van der Waals surface area contributed by atoms with Crippen molar-refractivity contribution in [2.45, 2.75) is 37.5 Å². The second-order valence-corrected chi connectivity index (χ2v) is 6.13. The fraction of sp³-hybridized carbons (Fsp3) is 0.600. The predicted molar refractivity (Wildman–Crippen MR) is 79.5 cm³/mol. The van der Waals surface area contributed by atoms with Gasteiger partial charge >= 0.3 is 0 Å². The van der Waals surface area contributed by atoms with Gasteiger partial charge in [-0.2, -0.15) is 0 Å². The highest BCUT2D eigenvalue weighted by Crippen LogP contribution is 2.56. The minimum absolute atomic E-state index is 0. The lowest BCUT2D eigenvalue weighted by Crippen LogP contribution is -2.46. The fourth-order valence-corrected chi connectivity index (χ4v) is 3.71. The van der Waals surface area contributed by atoms with Crippen LogP contribution in [0, 0.1) is 11.8 Å². The highest BCUT2D eigenvalue weighted by Gasteiger charge is 2.50. The summed E-state index contributed by atoms with van der Waals surface area (Å²) in [5.74, 6) is 1.58. The van der Waals surface area contributed by atoms with Crippen molar-refractivity contribution in [2.75, 3.05) is 6.54 Å². The second-order valence-electron chi connectivity index (χ2n) is 5.70. The van der Waals surface area contributed by atoms with E-state index in [1.807, 2.05) is 12.1 Å². The van der Waals surface area contributed by atoms with E-state index >= 15 is 0 Å². The third kappa shape index (κ3) is 2.29. The molecule has 1 nitrogen and oxygen atoms in total. The van der Waals surface area contributed by atoms with Gasteiger partial charge in [0.15, 0.2) is 0 Å². The Morgan fingerprint density at radius 1 is 1.22 bits per heavy atom. The van der Waals surface area contributed by atoms with Gasteiger partial charge in [-0.3, -0.25) is 0 Å². The normalized spacial score (nSPS) is 22.8. The average molecular weight is 286 g/mol. The van der Waals surface area contributed by atoms with Crippen molar-refractivity contribution in [1.29, 1.82) is 0 Å². The van der Waals surface area contributed by atoms with E-state index in [0.717, 1.165) is 17.5 Å². The summed E-state index contributed by atoms with van der Waals surface area (Å²) in [6, 6.07) is 8.48. The monoisotopic (exact) mass is 285 g/mol. The summed E-state index contributed by atoms with van der Waals surface area (Å²) in [6.07, 6.45) is 6.75. The van der Waals surface area contributed by atoms with Crippen LogP contribution in [0.3, 0.4) is 0 Å². The van der Waals surface area contributed by atoms with Crippen LogP contribution in [0.4, 0.5) is 0 Å². The highest BCUT2D eigenvalue weighted by atomic mass is 35.5. The molecular formula is C15H21Cl2N. The summed E-state index contributed by atoms with van der Waals surface area (Å²) < 4.78 is 0. The molecule has 0 aromatic heterocycles. The molecule has 1 aromatic rings. The van der Waals surface area contributed by atoms with Crippen molar-refractivity contribution < 1.29 is 0 Å². The van der Waals surface area contributed by atoms with Crippen LogP contribution in [0.2, 0.25) is 5.02 Å². The van der Waals surface area contributed by atoms with Crippen molar-refractivity contribution in [1.82, 2.24) is 0 Å². The maximum atomic E-state index is 6.05. The lowest BCUT2D eigenvalue weighted by atomic mass is 9.56. The Balaban J connectivity index is 0.00000120. The molecule has 2 fully saturated rings. The van der Waals surface area contributed by atoms with E-state index in [1.165, 1.54) is 37.7 Å². The first-order valence-corrected chi connectivity index (χ1v) is 7.10. The van der Waals surface area contributed by atoms with Crippen LogP contribution in [-0.2, 0) is 5.41 Å². The van der Waals surface area contributed by atoms with E-state index in [4.69, 9.17) is 17.3 Å². The number of hydrogen-bond acceptors (Lipinski definition) is 1. The van der Waals surface area contributed by atoms with Crippen molar-refractivity contribution in [3.8, 4) is 0 Å². The Hall–Kier alpha value is -0.240. The number of nitrogens with two attached hydrogens (primary N) is 1. The maximum Gasteiger partial charge on any atom is 0.0406 e. The average Bonchev–Trinajstić information content (AvgIpc) is 3.09. The zero-order valence-corrected chi connectivity index (χ0v) is 12.1. The Bertz CT molecular complexity index is 393. The van der Waals surface area contributed by atoms with Crippen LogP contribution in [0.15, 0.2) is 24.3 Å². The van der Waals surface area contributed by atoms with E-state index < -0.39 is 0 Å². The first-order valence-electron chi connectivity index (χ1n) is 6.72. The third-order valence-electron chi connectivity index (χ3n) is 4.82. The topological polar surface area (TPSA) is 26.0 Å². The Labute approximate surface area is 121 Å². The molecule has 2 N–H and O–H groups in total. The van der Waals surface area contributed by atoms with Crippen LogP contribution in [-0.4, -0.2) is 6.54 Å². The molecule has 3 rings (SSSR count). The van der Waals surface area contributed by atoms with E-state index in [0.29, 0.717) is 11.3 Å². The van der Waals surface area contributed by atoms with Crippen molar-refractivity contribution in [3.63, 3.8) is 0 Å². The lowest BCUT2D eigenvalue weighted by Gasteiger charge is -2.48. The van der Waals surface area contributed by atoms with Crippen LogP contribution >= 0.6 is 24.0 Å². The van der Waals surface area contributed by atoms with Crippen molar-refractivity contribution in [2.24, 2.45) is 17.6 Å². The third-order valence-corrected chi connectivity index (χ3v) is 5.07. The summed E-state index contributed by atoms with van der Waals surface area (Å²) in [5, 5.41) is 0.832. The number of rotatable bonds is 4. The molecule has 1 unspecified atom stereocenters. The standard InChI is InChI=1S/C15H20ClN.ClH/c16-13-6-4-12(5-7-13)15(8-1-9-15)14(10-17)11-2-3-11;/h4-7,11,14H,1-3,8-10,17H2;1H. The summed E-state index contributed by atoms with van der Waals surface area (Å²) in [7, 11) is 0. The predicted octanol–water partition coefficient (Wildman–Crippen LogP) is 4.17. The van der Waals surface area contributed by atoms with Gasteiger partial charge in [0.25, 0.3) is 0 Å². The second kappa shape index (κ2) is 5.40. The smallest absolute Gasteiger partial charge is 0.0406 e. The maximum absolute atomic E-state index is 6.05. The van der Waals surface area contributed by atoms with E-state index in [1.54, 1.807) is 0 Å². The molecule has 1 aromatic carbocycles. The fourth-order valence-electron chi connectivity index (χ4n) is 3.58. The molecule has 0 aliphatic heterocycles. The van der Waals surface area contributed by atoms with Crippen LogP contribution < -0.4 is 5.73 Å². The van der Waals surface area contributed by atoms with Crippen LogP contribution in [0.5, 0.6) is 0 Å². The van der Waals surface area contributed by atoms with Gasteiger partial charge in [0.05, 0.1) is 0 Å². The first-order chi connectivity index (χ1) is 8.26. The molecule has 0 radical (unpaired) electrons. The molecule has 2 aliphatic rings. The molecule has 0 heterocycles. The van der Waals surface area contributed by atoms with Gasteiger partial charge in [-0.1, -0.05) is 30.2 Å². The Morgan fingerprint density at radius 2 is 1.83 bits per heavy atom. The minimum atomic E-state index is 0. The minimum Gasteiger partial charge on any atom is -0.330 e. The Morgan fingerprint density at radius 3 is 2.22 bits per heavy atom. The van der Waals surface area contributed by atoms with Gasteiger partial charge in [0.1, 0.15) is 0 Å². The molecule has 0 saturated heterocycles. The van der Waals surface area contributed by atoms with Crippen LogP contribution in [0.1, 0.15) is 37.7 Å². The van der Waals surface area contributed by atoms with Crippen molar-refractivity contribution in [3.05, 3.63) is 34.9 Å². The molecule has 0 bridgehead atoms. The van der Waals surface area contributed by atoms with E-state index in [2.05, 4.69) is 12.1 Å². The zero-order chi connectivity index (χ0) is 11.9. The summed E-state index contributed by atoms with van der Waals surface area (Å²) in [5.41, 5.74) is 7.89.